The Balaban J connectivity index is 1.28. The molecule has 6 rings (SSSR count). The molecule has 37 heavy (non-hydrogen) atoms. The van der Waals surface area contributed by atoms with E-state index in [9.17, 15) is 0 Å². The van der Waals surface area contributed by atoms with Crippen molar-refractivity contribution in [1.82, 2.24) is 15.1 Å². The maximum Gasteiger partial charge on any atom is 0.259 e. The molecule has 3 aromatic carbocycles. The quantitative estimate of drug-likeness (QED) is 0.316. The number of hydrogen-bond acceptors (Lipinski definition) is 8. The summed E-state index contributed by atoms with van der Waals surface area (Å²) in [4.78, 5) is 14.4. The highest BCUT2D eigenvalue weighted by Gasteiger charge is 2.22. The number of aromatic nitrogens is 3. The van der Waals surface area contributed by atoms with Gasteiger partial charge < -0.3 is 23.8 Å². The van der Waals surface area contributed by atoms with Gasteiger partial charge in [-0.15, -0.1) is 0 Å². The molecule has 8 nitrogen and oxygen atoms in total. The van der Waals surface area contributed by atoms with Crippen LogP contribution < -0.4 is 19.3 Å². The summed E-state index contributed by atoms with van der Waals surface area (Å²) in [5, 5.41) is 5.23. The average molecular weight is 494 g/mol. The normalized spacial score (nSPS) is 13.7. The maximum absolute atomic E-state index is 5.75. The standard InChI is InChI=1S/C29H27N5O3/c1-35-22-11-7-20(8-12-22)28-31-29(37-32-28)25-19-27(30-26-6-4-3-5-24(25)26)34-17-15-33(16-18-34)21-9-13-23(36-2)14-10-21/h3-14,19H,15-18H2,1-2H3. The van der Waals surface area contributed by atoms with E-state index in [1.165, 1.54) is 5.69 Å². The second-order valence-electron chi connectivity index (χ2n) is 8.87. The van der Waals surface area contributed by atoms with Gasteiger partial charge in [-0.25, -0.2) is 4.98 Å². The Morgan fingerprint density at radius 1 is 0.730 bits per heavy atom. The summed E-state index contributed by atoms with van der Waals surface area (Å²) in [6, 6.07) is 26.0. The van der Waals surface area contributed by atoms with Crippen LogP contribution in [0.2, 0.25) is 0 Å². The second kappa shape index (κ2) is 9.81. The first-order valence-corrected chi connectivity index (χ1v) is 12.2. The SMILES string of the molecule is COc1ccc(-c2noc(-c3cc(N4CCN(c5ccc(OC)cc5)CC4)nc4ccccc34)n2)cc1. The Kier molecular flexibility index (Phi) is 6.06. The minimum absolute atomic E-state index is 0.475. The number of benzene rings is 3. The van der Waals surface area contributed by atoms with Crippen molar-refractivity contribution in [3.8, 4) is 34.3 Å². The lowest BCUT2D eigenvalue weighted by molar-refractivity contribution is 0.414. The summed E-state index contributed by atoms with van der Waals surface area (Å²) in [5.74, 6) is 3.57. The summed E-state index contributed by atoms with van der Waals surface area (Å²) in [5.41, 5.74) is 3.84. The van der Waals surface area contributed by atoms with E-state index in [1.807, 2.05) is 60.7 Å². The van der Waals surface area contributed by atoms with Crippen LogP contribution in [-0.4, -0.2) is 55.5 Å². The molecule has 8 heteroatoms. The summed E-state index contributed by atoms with van der Waals surface area (Å²) in [6.07, 6.45) is 0. The van der Waals surface area contributed by atoms with Gasteiger partial charge in [-0.1, -0.05) is 23.4 Å². The van der Waals surface area contributed by atoms with Crippen LogP contribution in [0.4, 0.5) is 11.5 Å². The van der Waals surface area contributed by atoms with Crippen LogP contribution >= 0.6 is 0 Å². The van der Waals surface area contributed by atoms with E-state index >= 15 is 0 Å². The van der Waals surface area contributed by atoms with E-state index in [4.69, 9.17) is 24.0 Å². The predicted molar refractivity (Wildman–Crippen MR) is 144 cm³/mol. The van der Waals surface area contributed by atoms with Crippen LogP contribution in [0.5, 0.6) is 11.5 Å². The molecule has 0 N–H and O–H groups in total. The van der Waals surface area contributed by atoms with Gasteiger partial charge in [-0.05, 0) is 60.7 Å². The highest BCUT2D eigenvalue weighted by atomic mass is 16.5. The molecule has 0 atom stereocenters. The van der Waals surface area contributed by atoms with Crippen molar-refractivity contribution in [3.05, 3.63) is 78.9 Å². The van der Waals surface area contributed by atoms with Crippen LogP contribution in [0, 0.1) is 0 Å². The molecule has 0 spiro atoms. The first-order chi connectivity index (χ1) is 18.2. The summed E-state index contributed by atoms with van der Waals surface area (Å²) < 4.78 is 16.3. The minimum Gasteiger partial charge on any atom is -0.497 e. The molecule has 5 aromatic rings. The first-order valence-electron chi connectivity index (χ1n) is 12.2. The van der Waals surface area contributed by atoms with Gasteiger partial charge in [0.2, 0.25) is 5.82 Å². The number of rotatable bonds is 6. The molecule has 0 amide bonds. The van der Waals surface area contributed by atoms with Gasteiger partial charge in [0, 0.05) is 42.8 Å². The van der Waals surface area contributed by atoms with Crippen molar-refractivity contribution in [2.75, 3.05) is 50.2 Å². The van der Waals surface area contributed by atoms with Crippen LogP contribution in [0.3, 0.4) is 0 Å². The van der Waals surface area contributed by atoms with Crippen LogP contribution in [-0.2, 0) is 0 Å². The topological polar surface area (TPSA) is 76.8 Å². The lowest BCUT2D eigenvalue weighted by atomic mass is 10.1. The Bertz CT molecular complexity index is 1510. The molecule has 1 saturated heterocycles. The molecule has 186 valence electrons. The Morgan fingerprint density at radius 3 is 2.08 bits per heavy atom. The number of nitrogens with zero attached hydrogens (tertiary/aromatic N) is 5. The van der Waals surface area contributed by atoms with E-state index in [-0.39, 0.29) is 0 Å². The van der Waals surface area contributed by atoms with E-state index in [2.05, 4.69) is 33.2 Å². The van der Waals surface area contributed by atoms with Gasteiger partial charge in [-0.3, -0.25) is 0 Å². The highest BCUT2D eigenvalue weighted by molar-refractivity contribution is 5.94. The summed E-state index contributed by atoms with van der Waals surface area (Å²) in [6.45, 7) is 3.52. The third-order valence-corrected chi connectivity index (χ3v) is 6.75. The first kappa shape index (κ1) is 22.8. The summed E-state index contributed by atoms with van der Waals surface area (Å²) >= 11 is 0. The summed E-state index contributed by atoms with van der Waals surface area (Å²) in [7, 11) is 3.33. The van der Waals surface area contributed by atoms with Crippen molar-refractivity contribution in [1.29, 1.82) is 0 Å². The number of hydrogen-bond donors (Lipinski definition) is 0. The number of fused-ring (bicyclic) bond motifs is 1. The number of para-hydroxylation sites is 1. The molecule has 0 unspecified atom stereocenters. The number of pyridine rings is 1. The molecule has 1 fully saturated rings. The Labute approximate surface area is 215 Å². The van der Waals surface area contributed by atoms with E-state index in [0.717, 1.165) is 65.5 Å². The fourth-order valence-electron chi connectivity index (χ4n) is 4.68. The van der Waals surface area contributed by atoms with Gasteiger partial charge >= 0.3 is 0 Å². The van der Waals surface area contributed by atoms with Gasteiger partial charge in [0.05, 0.1) is 25.3 Å². The van der Waals surface area contributed by atoms with E-state index in [0.29, 0.717) is 11.7 Å². The van der Waals surface area contributed by atoms with Crippen molar-refractivity contribution in [2.45, 2.75) is 0 Å². The van der Waals surface area contributed by atoms with E-state index in [1.54, 1.807) is 14.2 Å². The van der Waals surface area contributed by atoms with Crippen molar-refractivity contribution in [2.24, 2.45) is 0 Å². The highest BCUT2D eigenvalue weighted by Crippen LogP contribution is 2.32. The van der Waals surface area contributed by atoms with Crippen molar-refractivity contribution >= 4 is 22.4 Å². The monoisotopic (exact) mass is 493 g/mol. The van der Waals surface area contributed by atoms with E-state index < -0.39 is 0 Å². The van der Waals surface area contributed by atoms with Crippen LogP contribution in [0.25, 0.3) is 33.7 Å². The lowest BCUT2D eigenvalue weighted by Gasteiger charge is -2.37. The second-order valence-corrected chi connectivity index (χ2v) is 8.87. The number of anilines is 2. The molecule has 0 saturated carbocycles. The molecule has 1 aliphatic heterocycles. The fourth-order valence-corrected chi connectivity index (χ4v) is 4.68. The third kappa shape index (κ3) is 4.53. The van der Waals surface area contributed by atoms with Crippen molar-refractivity contribution in [3.63, 3.8) is 0 Å². The van der Waals surface area contributed by atoms with Crippen LogP contribution in [0.15, 0.2) is 83.4 Å². The number of methoxy groups -OCH3 is 2. The maximum atomic E-state index is 5.75. The lowest BCUT2D eigenvalue weighted by Crippen LogP contribution is -2.46. The largest absolute Gasteiger partial charge is 0.497 e. The van der Waals surface area contributed by atoms with Gasteiger partial charge in [0.25, 0.3) is 5.89 Å². The number of piperazine rings is 1. The molecule has 0 bridgehead atoms. The molecule has 3 heterocycles. The van der Waals surface area contributed by atoms with Crippen molar-refractivity contribution < 1.29 is 14.0 Å². The molecule has 0 aliphatic carbocycles. The minimum atomic E-state index is 0.475. The predicted octanol–water partition coefficient (Wildman–Crippen LogP) is 5.30. The molecular formula is C29H27N5O3. The zero-order valence-electron chi connectivity index (χ0n) is 20.8. The fraction of sp³-hybridized carbons (Fsp3) is 0.207. The molecule has 2 aromatic heterocycles. The molecular weight excluding hydrogens is 466 g/mol. The zero-order chi connectivity index (χ0) is 25.2. The average Bonchev–Trinajstić information content (AvgIpc) is 3.47. The zero-order valence-corrected chi connectivity index (χ0v) is 20.8. The number of ether oxygens (including phenoxy) is 2. The van der Waals surface area contributed by atoms with Crippen LogP contribution in [0.1, 0.15) is 0 Å². The Morgan fingerprint density at radius 2 is 1.38 bits per heavy atom. The van der Waals surface area contributed by atoms with Gasteiger partial charge in [0.1, 0.15) is 17.3 Å². The van der Waals surface area contributed by atoms with Gasteiger partial charge in [-0.2, -0.15) is 4.98 Å². The Hall–Kier alpha value is -4.59. The smallest absolute Gasteiger partial charge is 0.259 e. The van der Waals surface area contributed by atoms with Gasteiger partial charge in [0.15, 0.2) is 0 Å². The molecule has 1 aliphatic rings. The third-order valence-electron chi connectivity index (χ3n) is 6.75. The molecule has 0 radical (unpaired) electrons.